The van der Waals surface area contributed by atoms with Crippen molar-refractivity contribution in [3.05, 3.63) is 211 Å². The van der Waals surface area contributed by atoms with Gasteiger partial charge in [-0.05, 0) is 103 Å². The molecule has 0 bridgehead atoms. The lowest BCUT2D eigenvalue weighted by Crippen LogP contribution is -2.15. The molecule has 0 aliphatic heterocycles. The normalized spacial score (nSPS) is 12.8. The smallest absolute Gasteiger partial charge is 0.0540 e. The third-order valence-electron chi connectivity index (χ3n) is 11.5. The van der Waals surface area contributed by atoms with Gasteiger partial charge in [-0.25, -0.2) is 0 Å². The van der Waals surface area contributed by atoms with E-state index in [1.165, 1.54) is 77.2 Å². The first-order chi connectivity index (χ1) is 26.6. The van der Waals surface area contributed by atoms with E-state index in [1.807, 2.05) is 0 Å². The second kappa shape index (κ2) is 12.8. The maximum absolute atomic E-state index is 2.48. The van der Waals surface area contributed by atoms with Crippen molar-refractivity contribution >= 4 is 38.6 Å². The zero-order valence-corrected chi connectivity index (χ0v) is 30.5. The molecule has 0 N–H and O–H groups in total. The molecule has 0 unspecified atom stereocenters. The van der Waals surface area contributed by atoms with E-state index in [1.54, 1.807) is 0 Å². The molecule has 0 saturated carbocycles. The fourth-order valence-corrected chi connectivity index (χ4v) is 8.79. The van der Waals surface area contributed by atoms with E-state index in [0.717, 1.165) is 17.1 Å². The molecule has 0 fully saturated rings. The molecule has 0 amide bonds. The van der Waals surface area contributed by atoms with Crippen LogP contribution in [0.4, 0.5) is 17.1 Å². The number of hydrogen-bond acceptors (Lipinski definition) is 1. The molecule has 1 aliphatic rings. The first kappa shape index (κ1) is 32.0. The number of fused-ring (bicyclic) bond motifs is 5. The van der Waals surface area contributed by atoms with Gasteiger partial charge in [0.25, 0.3) is 0 Å². The summed E-state index contributed by atoms with van der Waals surface area (Å²) in [6.07, 6.45) is 0. The molecule has 256 valence electrons. The van der Waals surface area contributed by atoms with E-state index in [2.05, 4.69) is 219 Å². The molecule has 0 heterocycles. The van der Waals surface area contributed by atoms with Gasteiger partial charge >= 0.3 is 0 Å². The topological polar surface area (TPSA) is 3.24 Å². The standard InChI is InChI=1S/C53H39N/c1-53(2)48-27-15-26-44(38-16-5-3-6-17-38)52(48)47-34-45(39-18-7-4-8-19-39)46(35-49(47)53)40-30-32-41(33-31-40)54(50-28-13-22-36-20-9-11-24-42(36)50)51-29-14-23-37-21-10-12-25-43(37)51/h3-35H,1-2H3. The summed E-state index contributed by atoms with van der Waals surface area (Å²) in [6.45, 7) is 4.77. The number of anilines is 3. The number of benzene rings is 9. The van der Waals surface area contributed by atoms with Gasteiger partial charge < -0.3 is 4.90 Å². The van der Waals surface area contributed by atoms with Gasteiger partial charge in [-0.15, -0.1) is 0 Å². The number of hydrogen-bond donors (Lipinski definition) is 0. The Morgan fingerprint density at radius 3 is 1.44 bits per heavy atom. The van der Waals surface area contributed by atoms with E-state index >= 15 is 0 Å². The minimum atomic E-state index is -0.154. The highest BCUT2D eigenvalue weighted by Crippen LogP contribution is 2.55. The van der Waals surface area contributed by atoms with Crippen molar-refractivity contribution in [2.45, 2.75) is 19.3 Å². The van der Waals surface area contributed by atoms with Crippen LogP contribution in [0.25, 0.3) is 66.1 Å². The number of rotatable bonds is 6. The third-order valence-corrected chi connectivity index (χ3v) is 11.5. The van der Waals surface area contributed by atoms with E-state index in [4.69, 9.17) is 0 Å². The van der Waals surface area contributed by atoms with Crippen LogP contribution in [-0.2, 0) is 5.41 Å². The lowest BCUT2D eigenvalue weighted by molar-refractivity contribution is 0.661. The van der Waals surface area contributed by atoms with E-state index < -0.39 is 0 Å². The molecule has 0 radical (unpaired) electrons. The maximum atomic E-state index is 2.48. The fourth-order valence-electron chi connectivity index (χ4n) is 8.79. The van der Waals surface area contributed by atoms with Crippen molar-refractivity contribution in [1.82, 2.24) is 0 Å². The van der Waals surface area contributed by atoms with Crippen molar-refractivity contribution in [3.8, 4) is 44.5 Å². The lowest BCUT2D eigenvalue weighted by atomic mass is 9.80. The average molecular weight is 690 g/mol. The minimum absolute atomic E-state index is 0.154. The molecule has 10 rings (SSSR count). The lowest BCUT2D eigenvalue weighted by Gasteiger charge is -2.28. The molecule has 9 aromatic rings. The highest BCUT2D eigenvalue weighted by atomic mass is 15.1. The van der Waals surface area contributed by atoms with Crippen LogP contribution in [-0.4, -0.2) is 0 Å². The van der Waals surface area contributed by atoms with Crippen LogP contribution in [0.5, 0.6) is 0 Å². The van der Waals surface area contributed by atoms with E-state index in [0.29, 0.717) is 0 Å². The van der Waals surface area contributed by atoms with Crippen molar-refractivity contribution < 1.29 is 0 Å². The Kier molecular flexibility index (Phi) is 7.56. The third kappa shape index (κ3) is 5.16. The predicted octanol–water partition coefficient (Wildman–Crippen LogP) is 14.8. The van der Waals surface area contributed by atoms with Gasteiger partial charge in [-0.2, -0.15) is 0 Å². The zero-order chi connectivity index (χ0) is 36.2. The SMILES string of the molecule is CC1(C)c2cc(-c3ccc(N(c4cccc5ccccc45)c4cccc5ccccc45)cc3)c(-c3ccccc3)cc2-c2c(-c3ccccc3)cccc21. The van der Waals surface area contributed by atoms with Crippen molar-refractivity contribution in [3.63, 3.8) is 0 Å². The molecule has 0 saturated heterocycles. The van der Waals surface area contributed by atoms with Crippen LogP contribution in [0.1, 0.15) is 25.0 Å². The Hall–Kier alpha value is -6.70. The Morgan fingerprint density at radius 1 is 0.352 bits per heavy atom. The molecule has 9 aromatic carbocycles. The summed E-state index contributed by atoms with van der Waals surface area (Å²) in [7, 11) is 0. The molecule has 0 atom stereocenters. The van der Waals surface area contributed by atoms with Gasteiger partial charge in [0, 0.05) is 21.9 Å². The summed E-state index contributed by atoms with van der Waals surface area (Å²) in [4.78, 5) is 2.43. The summed E-state index contributed by atoms with van der Waals surface area (Å²) in [5, 5.41) is 4.89. The molecule has 54 heavy (non-hydrogen) atoms. The highest BCUT2D eigenvalue weighted by molar-refractivity contribution is 6.05. The average Bonchev–Trinajstić information content (AvgIpc) is 3.46. The largest absolute Gasteiger partial charge is 0.309 e. The molecule has 0 aromatic heterocycles. The minimum Gasteiger partial charge on any atom is -0.309 e. The molecule has 1 nitrogen and oxygen atoms in total. The van der Waals surface area contributed by atoms with Crippen molar-refractivity contribution in [1.29, 1.82) is 0 Å². The first-order valence-electron chi connectivity index (χ1n) is 18.9. The summed E-state index contributed by atoms with van der Waals surface area (Å²) in [6, 6.07) is 73.3. The second-order valence-corrected chi connectivity index (χ2v) is 14.9. The monoisotopic (exact) mass is 689 g/mol. The summed E-state index contributed by atoms with van der Waals surface area (Å²) in [5.74, 6) is 0. The van der Waals surface area contributed by atoms with Gasteiger partial charge in [-0.1, -0.05) is 178 Å². The van der Waals surface area contributed by atoms with Crippen LogP contribution in [0.15, 0.2) is 200 Å². The molecular formula is C53H39N. The highest BCUT2D eigenvalue weighted by Gasteiger charge is 2.38. The van der Waals surface area contributed by atoms with Gasteiger partial charge in [-0.3, -0.25) is 0 Å². The Morgan fingerprint density at radius 2 is 0.833 bits per heavy atom. The molecular weight excluding hydrogens is 651 g/mol. The quantitative estimate of drug-likeness (QED) is 0.168. The Bertz CT molecular complexity index is 2740. The number of nitrogens with zero attached hydrogens (tertiary/aromatic N) is 1. The van der Waals surface area contributed by atoms with E-state index in [9.17, 15) is 0 Å². The maximum Gasteiger partial charge on any atom is 0.0540 e. The van der Waals surface area contributed by atoms with Crippen LogP contribution in [0.3, 0.4) is 0 Å². The van der Waals surface area contributed by atoms with Crippen LogP contribution >= 0.6 is 0 Å². The van der Waals surface area contributed by atoms with Crippen molar-refractivity contribution in [2.75, 3.05) is 4.90 Å². The molecule has 0 spiro atoms. The first-order valence-corrected chi connectivity index (χ1v) is 18.9. The fraction of sp³-hybridized carbons (Fsp3) is 0.0566. The van der Waals surface area contributed by atoms with E-state index in [-0.39, 0.29) is 5.41 Å². The molecule has 1 heteroatoms. The van der Waals surface area contributed by atoms with Gasteiger partial charge in [0.1, 0.15) is 0 Å². The van der Waals surface area contributed by atoms with Crippen LogP contribution in [0.2, 0.25) is 0 Å². The van der Waals surface area contributed by atoms with Crippen LogP contribution in [0, 0.1) is 0 Å². The van der Waals surface area contributed by atoms with Crippen LogP contribution < -0.4 is 4.90 Å². The summed E-state index contributed by atoms with van der Waals surface area (Å²) in [5.41, 5.74) is 16.2. The summed E-state index contributed by atoms with van der Waals surface area (Å²) >= 11 is 0. The van der Waals surface area contributed by atoms with Gasteiger partial charge in [0.15, 0.2) is 0 Å². The van der Waals surface area contributed by atoms with Gasteiger partial charge in [0.2, 0.25) is 0 Å². The van der Waals surface area contributed by atoms with Crippen molar-refractivity contribution in [2.24, 2.45) is 0 Å². The summed E-state index contributed by atoms with van der Waals surface area (Å²) < 4.78 is 0. The van der Waals surface area contributed by atoms with Gasteiger partial charge in [0.05, 0.1) is 11.4 Å². The Balaban J connectivity index is 1.17. The predicted molar refractivity (Wildman–Crippen MR) is 230 cm³/mol. The zero-order valence-electron chi connectivity index (χ0n) is 30.5. The molecule has 1 aliphatic carbocycles. The second-order valence-electron chi connectivity index (χ2n) is 14.9. The Labute approximate surface area is 317 Å².